The molecule has 1 aliphatic heterocycles. The number of nitrogens with zero attached hydrogens (tertiary/aromatic N) is 2. The van der Waals surface area contributed by atoms with E-state index in [1.807, 2.05) is 32.9 Å². The molecule has 0 unspecified atom stereocenters. The number of hydrogen-bond donors (Lipinski definition) is 2. The Balaban J connectivity index is 1.51. The molecular weight excluding hydrogens is 410 g/mol. The number of benzene rings is 2. The molecule has 0 saturated carbocycles. The van der Waals surface area contributed by atoms with Crippen LogP contribution >= 0.6 is 0 Å². The average Bonchev–Trinajstić information content (AvgIpc) is 2.77. The van der Waals surface area contributed by atoms with E-state index in [1.165, 1.54) is 0 Å². The summed E-state index contributed by atoms with van der Waals surface area (Å²) in [7, 11) is 0. The highest BCUT2D eigenvalue weighted by Gasteiger charge is 2.26. The van der Waals surface area contributed by atoms with Crippen molar-refractivity contribution >= 4 is 23.4 Å². The lowest BCUT2D eigenvalue weighted by molar-refractivity contribution is 0.0240. The predicted octanol–water partition coefficient (Wildman–Crippen LogP) is 3.37. The summed E-state index contributed by atoms with van der Waals surface area (Å²) in [6.45, 7) is 8.36. The third-order valence-electron chi connectivity index (χ3n) is 4.90. The van der Waals surface area contributed by atoms with Crippen molar-refractivity contribution < 1.29 is 24.2 Å². The number of carbonyl (C=O) groups excluding carboxylic acids is 2. The number of aliphatic hydroxyl groups excluding tert-OH is 1. The molecule has 2 N–H and O–H groups in total. The van der Waals surface area contributed by atoms with Gasteiger partial charge in [-0.25, -0.2) is 4.79 Å². The first-order valence-corrected chi connectivity index (χ1v) is 10.7. The van der Waals surface area contributed by atoms with Crippen molar-refractivity contribution in [3.8, 4) is 5.75 Å². The molecular formula is C24H31N3O5. The molecule has 0 aromatic heterocycles. The molecule has 3 rings (SSSR count). The van der Waals surface area contributed by atoms with Crippen molar-refractivity contribution in [2.24, 2.45) is 0 Å². The minimum Gasteiger partial charge on any atom is -0.491 e. The van der Waals surface area contributed by atoms with E-state index in [0.717, 1.165) is 5.69 Å². The molecule has 0 aliphatic carbocycles. The minimum atomic E-state index is -0.500. The number of carbonyl (C=O) groups is 2. The fourth-order valence-corrected chi connectivity index (χ4v) is 3.30. The van der Waals surface area contributed by atoms with E-state index in [0.29, 0.717) is 43.2 Å². The zero-order chi connectivity index (χ0) is 23.1. The first-order chi connectivity index (χ1) is 15.2. The fraction of sp³-hybridized carbons (Fsp3) is 0.417. The van der Waals surface area contributed by atoms with E-state index < -0.39 is 5.60 Å². The summed E-state index contributed by atoms with van der Waals surface area (Å²) in [6.07, 6.45) is -0.280. The Kier molecular flexibility index (Phi) is 7.58. The zero-order valence-corrected chi connectivity index (χ0v) is 18.8. The number of piperazine rings is 1. The molecule has 0 bridgehead atoms. The van der Waals surface area contributed by atoms with E-state index in [2.05, 4.69) is 10.2 Å². The Morgan fingerprint density at radius 1 is 0.969 bits per heavy atom. The fourth-order valence-electron chi connectivity index (χ4n) is 3.30. The third kappa shape index (κ3) is 6.62. The van der Waals surface area contributed by atoms with Gasteiger partial charge in [-0.3, -0.25) is 4.79 Å². The molecule has 172 valence electrons. The lowest BCUT2D eigenvalue weighted by atomic mass is 10.1. The van der Waals surface area contributed by atoms with Crippen LogP contribution in [-0.2, 0) is 4.74 Å². The number of anilines is 2. The molecule has 2 amide bonds. The van der Waals surface area contributed by atoms with Crippen LogP contribution in [0.1, 0.15) is 31.1 Å². The van der Waals surface area contributed by atoms with Crippen molar-refractivity contribution in [2.45, 2.75) is 26.4 Å². The molecule has 8 nitrogen and oxygen atoms in total. The predicted molar refractivity (Wildman–Crippen MR) is 123 cm³/mol. The summed E-state index contributed by atoms with van der Waals surface area (Å²) in [5, 5.41) is 11.7. The SMILES string of the molecule is CC(C)(C)OC(=O)N1CCN(c2ccc(C(=O)Nc3ccc(OCCO)cc3)cc2)CC1. The first-order valence-electron chi connectivity index (χ1n) is 10.7. The lowest BCUT2D eigenvalue weighted by Crippen LogP contribution is -2.50. The Morgan fingerprint density at radius 3 is 2.16 bits per heavy atom. The summed E-state index contributed by atoms with van der Waals surface area (Å²) in [6, 6.07) is 14.4. The van der Waals surface area contributed by atoms with Crippen molar-refractivity contribution in [2.75, 3.05) is 49.6 Å². The molecule has 0 atom stereocenters. The van der Waals surface area contributed by atoms with Gasteiger partial charge in [-0.1, -0.05) is 0 Å². The highest BCUT2D eigenvalue weighted by Crippen LogP contribution is 2.20. The van der Waals surface area contributed by atoms with Gasteiger partial charge in [0, 0.05) is 43.1 Å². The van der Waals surface area contributed by atoms with Gasteiger partial charge in [0.25, 0.3) is 5.91 Å². The monoisotopic (exact) mass is 441 g/mol. The van der Waals surface area contributed by atoms with Gasteiger partial charge in [0.05, 0.1) is 6.61 Å². The van der Waals surface area contributed by atoms with Crippen molar-refractivity contribution in [3.05, 3.63) is 54.1 Å². The second-order valence-electron chi connectivity index (χ2n) is 8.55. The molecule has 0 radical (unpaired) electrons. The maximum Gasteiger partial charge on any atom is 0.410 e. The summed E-state index contributed by atoms with van der Waals surface area (Å²) in [5.41, 5.74) is 1.73. The molecule has 8 heteroatoms. The lowest BCUT2D eigenvalue weighted by Gasteiger charge is -2.36. The minimum absolute atomic E-state index is 0.0477. The van der Waals surface area contributed by atoms with Gasteiger partial charge < -0.3 is 29.7 Å². The van der Waals surface area contributed by atoms with E-state index in [4.69, 9.17) is 14.6 Å². The van der Waals surface area contributed by atoms with Gasteiger partial charge in [0.1, 0.15) is 18.0 Å². The molecule has 1 heterocycles. The van der Waals surface area contributed by atoms with Crippen molar-refractivity contribution in [3.63, 3.8) is 0 Å². The van der Waals surface area contributed by atoms with Crippen LogP contribution in [0.15, 0.2) is 48.5 Å². The van der Waals surface area contributed by atoms with Crippen LogP contribution in [0.5, 0.6) is 5.75 Å². The van der Waals surface area contributed by atoms with E-state index in [1.54, 1.807) is 41.3 Å². The summed E-state index contributed by atoms with van der Waals surface area (Å²) in [4.78, 5) is 28.7. The van der Waals surface area contributed by atoms with Crippen LogP contribution in [0, 0.1) is 0 Å². The van der Waals surface area contributed by atoms with Crippen LogP contribution < -0.4 is 15.0 Å². The van der Waals surface area contributed by atoms with Gasteiger partial charge in [-0.15, -0.1) is 0 Å². The molecule has 1 fully saturated rings. The van der Waals surface area contributed by atoms with Gasteiger partial charge in [-0.2, -0.15) is 0 Å². The summed E-state index contributed by atoms with van der Waals surface area (Å²) < 4.78 is 10.8. The van der Waals surface area contributed by atoms with Crippen LogP contribution in [0.2, 0.25) is 0 Å². The second-order valence-corrected chi connectivity index (χ2v) is 8.55. The second kappa shape index (κ2) is 10.4. The summed E-state index contributed by atoms with van der Waals surface area (Å²) >= 11 is 0. The van der Waals surface area contributed by atoms with Gasteiger partial charge in [0.15, 0.2) is 0 Å². The quantitative estimate of drug-likeness (QED) is 0.714. The Labute approximate surface area is 188 Å². The molecule has 32 heavy (non-hydrogen) atoms. The topological polar surface area (TPSA) is 91.3 Å². The number of nitrogens with one attached hydrogen (secondary N) is 1. The molecule has 0 spiro atoms. The van der Waals surface area contributed by atoms with Crippen LogP contribution in [0.3, 0.4) is 0 Å². The Hall–Kier alpha value is -3.26. The first kappa shape index (κ1) is 23.4. The molecule has 2 aromatic carbocycles. The van der Waals surface area contributed by atoms with Gasteiger partial charge in [-0.05, 0) is 69.3 Å². The van der Waals surface area contributed by atoms with Gasteiger partial charge >= 0.3 is 6.09 Å². The smallest absolute Gasteiger partial charge is 0.410 e. The molecule has 1 saturated heterocycles. The number of aliphatic hydroxyl groups is 1. The number of amides is 2. The highest BCUT2D eigenvalue weighted by atomic mass is 16.6. The highest BCUT2D eigenvalue weighted by molar-refractivity contribution is 6.04. The van der Waals surface area contributed by atoms with Crippen molar-refractivity contribution in [1.82, 2.24) is 4.90 Å². The number of hydrogen-bond acceptors (Lipinski definition) is 6. The maximum absolute atomic E-state index is 12.5. The maximum atomic E-state index is 12.5. The van der Waals surface area contributed by atoms with E-state index >= 15 is 0 Å². The average molecular weight is 442 g/mol. The Bertz CT molecular complexity index is 899. The third-order valence-corrected chi connectivity index (χ3v) is 4.90. The number of rotatable bonds is 6. The zero-order valence-electron chi connectivity index (χ0n) is 18.8. The number of ether oxygens (including phenoxy) is 2. The molecule has 2 aromatic rings. The van der Waals surface area contributed by atoms with Crippen LogP contribution in [-0.4, -0.2) is 67.0 Å². The standard InChI is InChI=1S/C24H31N3O5/c1-24(2,3)32-23(30)27-14-12-26(13-15-27)20-8-4-18(5-9-20)22(29)25-19-6-10-21(11-7-19)31-17-16-28/h4-11,28H,12-17H2,1-3H3,(H,25,29). The molecule has 1 aliphatic rings. The Morgan fingerprint density at radius 2 is 1.59 bits per heavy atom. The largest absolute Gasteiger partial charge is 0.491 e. The summed E-state index contributed by atoms with van der Waals surface area (Å²) in [5.74, 6) is 0.434. The van der Waals surface area contributed by atoms with Gasteiger partial charge in [0.2, 0.25) is 0 Å². The van der Waals surface area contributed by atoms with Crippen molar-refractivity contribution in [1.29, 1.82) is 0 Å². The van der Waals surface area contributed by atoms with E-state index in [9.17, 15) is 9.59 Å². The normalized spacial score (nSPS) is 14.1. The van der Waals surface area contributed by atoms with Crippen LogP contribution in [0.25, 0.3) is 0 Å². The van der Waals surface area contributed by atoms with Crippen LogP contribution in [0.4, 0.5) is 16.2 Å². The van der Waals surface area contributed by atoms with E-state index in [-0.39, 0.29) is 25.2 Å².